The minimum absolute atomic E-state index is 0.771. The lowest BCUT2D eigenvalue weighted by Gasteiger charge is -2.41. The fourth-order valence-corrected chi connectivity index (χ4v) is 5.56. The largest absolute Gasteiger partial charge is 0.466 e. The molecule has 12 nitrogen and oxygen atoms in total. The number of hydrogen-bond acceptors (Lipinski definition) is 8. The van der Waals surface area contributed by atoms with Crippen molar-refractivity contribution in [2.45, 2.75) is 0 Å². The van der Waals surface area contributed by atoms with Crippen LogP contribution in [0.5, 0.6) is 0 Å². The second-order valence-electron chi connectivity index (χ2n) is 10.4. The maximum absolute atomic E-state index is 5.13. The lowest BCUT2D eigenvalue weighted by atomic mass is 9.75. The first-order chi connectivity index (χ1) is 22.3. The quantitative estimate of drug-likeness (QED) is 0.236. The van der Waals surface area contributed by atoms with Crippen molar-refractivity contribution in [2.24, 2.45) is 0 Å². The van der Waals surface area contributed by atoms with Gasteiger partial charge in [0.15, 0.2) is 0 Å². The molecule has 0 saturated heterocycles. The van der Waals surface area contributed by atoms with Crippen molar-refractivity contribution in [1.82, 2.24) is 58.7 Å². The van der Waals surface area contributed by atoms with Crippen molar-refractivity contribution >= 4 is 6.69 Å². The highest BCUT2D eigenvalue weighted by Crippen LogP contribution is 2.26. The fourth-order valence-electron chi connectivity index (χ4n) is 5.56. The molecule has 0 spiro atoms. The molecule has 0 aliphatic rings. The molecular formula is C32H24BN12-. The Morgan fingerprint density at radius 1 is 0.311 bits per heavy atom. The summed E-state index contributed by atoms with van der Waals surface area (Å²) in [6, 6.07) is 23.3. The zero-order valence-electron chi connectivity index (χ0n) is 23.8. The Morgan fingerprint density at radius 3 is 0.756 bits per heavy atom. The third-order valence-corrected chi connectivity index (χ3v) is 7.76. The molecule has 8 aromatic heterocycles. The van der Waals surface area contributed by atoms with Gasteiger partial charge in [-0.1, -0.05) is 0 Å². The van der Waals surface area contributed by atoms with Crippen LogP contribution in [0.2, 0.25) is 0 Å². The van der Waals surface area contributed by atoms with Crippen LogP contribution in [0.3, 0.4) is 0 Å². The molecule has 216 valence electrons. The molecule has 0 aliphatic heterocycles. The van der Waals surface area contributed by atoms with Crippen molar-refractivity contribution in [1.29, 1.82) is 0 Å². The van der Waals surface area contributed by atoms with Gasteiger partial charge in [-0.2, -0.15) is 0 Å². The second-order valence-corrected chi connectivity index (χ2v) is 10.4. The van der Waals surface area contributed by atoms with Gasteiger partial charge in [0.25, 0.3) is 0 Å². The van der Waals surface area contributed by atoms with Crippen LogP contribution in [-0.4, -0.2) is 65.4 Å². The van der Waals surface area contributed by atoms with E-state index in [0.29, 0.717) is 0 Å². The molecule has 8 rings (SSSR count). The smallest absolute Gasteiger partial charge is 0.379 e. The molecule has 0 unspecified atom stereocenters. The topological polar surface area (TPSA) is 123 Å². The maximum Gasteiger partial charge on any atom is 0.466 e. The number of nitrogens with zero attached hydrogens (tertiary/aromatic N) is 12. The first kappa shape index (κ1) is 26.2. The van der Waals surface area contributed by atoms with E-state index in [9.17, 15) is 0 Å². The van der Waals surface area contributed by atoms with Crippen LogP contribution >= 0.6 is 0 Å². The van der Waals surface area contributed by atoms with E-state index in [2.05, 4.69) is 19.9 Å². The second kappa shape index (κ2) is 11.0. The summed E-state index contributed by atoms with van der Waals surface area (Å²) in [6.07, 6.45) is 21.8. The average Bonchev–Trinajstić information content (AvgIpc) is 3.96. The van der Waals surface area contributed by atoms with E-state index >= 15 is 0 Å². The third-order valence-electron chi connectivity index (χ3n) is 7.76. The summed E-state index contributed by atoms with van der Waals surface area (Å²) in [5.74, 6) is 0. The molecule has 45 heavy (non-hydrogen) atoms. The summed E-state index contributed by atoms with van der Waals surface area (Å²) in [7, 11) is 0. The monoisotopic (exact) mass is 587 g/mol. The predicted molar refractivity (Wildman–Crippen MR) is 169 cm³/mol. The number of pyridine rings is 4. The minimum Gasteiger partial charge on any atom is -0.379 e. The zero-order chi connectivity index (χ0) is 30.1. The zero-order valence-corrected chi connectivity index (χ0v) is 23.8. The molecule has 0 N–H and O–H groups in total. The van der Waals surface area contributed by atoms with Crippen LogP contribution in [0.15, 0.2) is 147 Å². The normalized spacial score (nSPS) is 11.6. The Labute approximate surface area is 257 Å². The van der Waals surface area contributed by atoms with Gasteiger partial charge in [0.1, 0.15) is 0 Å². The van der Waals surface area contributed by atoms with E-state index in [1.807, 2.05) is 116 Å². The van der Waals surface area contributed by atoms with Crippen LogP contribution in [0, 0.1) is 0 Å². The van der Waals surface area contributed by atoms with Gasteiger partial charge in [0.2, 0.25) is 0 Å². The summed E-state index contributed by atoms with van der Waals surface area (Å²) >= 11 is 0. The molecule has 0 bridgehead atoms. The summed E-state index contributed by atoms with van der Waals surface area (Å²) in [4.78, 5) is 16.7. The highest BCUT2D eigenvalue weighted by molar-refractivity contribution is 6.72. The molecule has 0 fully saturated rings. The summed E-state index contributed by atoms with van der Waals surface area (Å²) in [5.41, 5.74) is 6.82. The van der Waals surface area contributed by atoms with Crippen molar-refractivity contribution in [3.63, 3.8) is 0 Å². The number of rotatable bonds is 8. The van der Waals surface area contributed by atoms with E-state index in [4.69, 9.17) is 20.4 Å². The van der Waals surface area contributed by atoms with Crippen LogP contribution in [0.1, 0.15) is 0 Å². The standard InChI is InChI=1S/C32H24BN12/c1-13-34-14-2-25(1)29-9-21-42(38-29)33(43-22-10-30(39-43)26-3-15-35-16-4-26,44-23-11-31(40-44)27-5-17-36-18-6-27)45-24-12-32(41-45)28-7-19-37-20-8-28/h1-24H/q-1. The lowest BCUT2D eigenvalue weighted by molar-refractivity contribution is 0.658. The van der Waals surface area contributed by atoms with E-state index < -0.39 is 6.69 Å². The van der Waals surface area contributed by atoms with Crippen molar-refractivity contribution in [3.05, 3.63) is 147 Å². The Morgan fingerprint density at radius 2 is 0.533 bits per heavy atom. The van der Waals surface area contributed by atoms with Gasteiger partial charge in [0, 0.05) is 71.8 Å². The molecule has 13 heteroatoms. The molecule has 0 amide bonds. The van der Waals surface area contributed by atoms with Gasteiger partial charge in [0.05, 0.1) is 22.8 Å². The van der Waals surface area contributed by atoms with Gasteiger partial charge in [-0.25, -0.2) is 20.4 Å². The van der Waals surface area contributed by atoms with Gasteiger partial charge >= 0.3 is 6.69 Å². The Bertz CT molecular complexity index is 1850. The predicted octanol–water partition coefficient (Wildman–Crippen LogP) is 4.65. The van der Waals surface area contributed by atoms with Crippen molar-refractivity contribution < 1.29 is 0 Å². The highest BCUT2D eigenvalue weighted by atomic mass is 15.6. The number of aromatic nitrogens is 12. The van der Waals surface area contributed by atoms with Crippen molar-refractivity contribution in [2.75, 3.05) is 0 Å². The lowest BCUT2D eigenvalue weighted by Crippen LogP contribution is -2.65. The van der Waals surface area contributed by atoms with Gasteiger partial charge in [-0.05, 0) is 97.6 Å². The SMILES string of the molecule is c1cc(-c2ccn([B-](n3ccc(-c4ccncc4)n3)(n3ccc(-c4ccncc4)n3)n3ccc(-c4ccncc4)n3)n2)ccn1. The number of hydrogen-bond donors (Lipinski definition) is 0. The first-order valence-electron chi connectivity index (χ1n) is 14.3. The summed E-state index contributed by atoms with van der Waals surface area (Å²) in [6.45, 7) is -2.37. The van der Waals surface area contributed by atoms with Gasteiger partial charge in [-0.3, -0.25) is 19.9 Å². The molecule has 0 radical (unpaired) electrons. The molecule has 0 atom stereocenters. The van der Waals surface area contributed by atoms with Gasteiger partial charge in [-0.15, -0.1) is 0 Å². The maximum atomic E-state index is 5.13. The van der Waals surface area contributed by atoms with Crippen LogP contribution in [0.25, 0.3) is 45.0 Å². The molecule has 0 saturated carbocycles. The summed E-state index contributed by atoms with van der Waals surface area (Å²) < 4.78 is 7.52. The third kappa shape index (κ3) is 4.59. The van der Waals surface area contributed by atoms with Gasteiger partial charge < -0.3 is 18.4 Å². The van der Waals surface area contributed by atoms with E-state index in [-0.39, 0.29) is 0 Å². The molecule has 8 aromatic rings. The molecular weight excluding hydrogens is 563 g/mol. The molecule has 0 aliphatic carbocycles. The van der Waals surface area contributed by atoms with E-state index in [1.54, 1.807) is 49.6 Å². The average molecular weight is 587 g/mol. The first-order valence-corrected chi connectivity index (χ1v) is 14.3. The minimum atomic E-state index is -2.37. The molecule has 8 heterocycles. The highest BCUT2D eigenvalue weighted by Gasteiger charge is 2.40. The Balaban J connectivity index is 1.39. The Kier molecular flexibility index (Phi) is 6.38. The molecule has 0 aromatic carbocycles. The van der Waals surface area contributed by atoms with Crippen LogP contribution in [0.4, 0.5) is 0 Å². The van der Waals surface area contributed by atoms with Crippen LogP contribution in [-0.2, 0) is 0 Å². The fraction of sp³-hybridized carbons (Fsp3) is 0. The Hall–Kier alpha value is -6.50. The summed E-state index contributed by atoms with van der Waals surface area (Å²) in [5, 5.41) is 20.5. The van der Waals surface area contributed by atoms with Crippen LogP contribution < -0.4 is 0 Å². The van der Waals surface area contributed by atoms with Crippen molar-refractivity contribution in [3.8, 4) is 45.0 Å². The van der Waals surface area contributed by atoms with E-state index in [0.717, 1.165) is 45.0 Å². The van der Waals surface area contributed by atoms with E-state index in [1.165, 1.54) is 0 Å².